The van der Waals surface area contributed by atoms with Crippen molar-refractivity contribution in [2.45, 2.75) is 52.6 Å². The molecule has 1 unspecified atom stereocenters. The maximum absolute atomic E-state index is 12.3. The minimum absolute atomic E-state index is 0.000405. The van der Waals surface area contributed by atoms with Crippen LogP contribution in [0.25, 0.3) is 0 Å². The maximum Gasteiger partial charge on any atom is 0.315 e. The second kappa shape index (κ2) is 11.1. The Morgan fingerprint density at radius 1 is 1.08 bits per heavy atom. The fraction of sp³-hybridized carbons (Fsp3) is 0.526. The third-order valence-electron chi connectivity index (χ3n) is 3.77. The molecule has 0 radical (unpaired) electrons. The van der Waals surface area contributed by atoms with Crippen LogP contribution in [0.5, 0.6) is 0 Å². The van der Waals surface area contributed by atoms with Crippen LogP contribution in [-0.4, -0.2) is 35.6 Å². The molecule has 0 bridgehead atoms. The fourth-order valence-corrected chi connectivity index (χ4v) is 2.37. The molecule has 0 heterocycles. The molecule has 7 nitrogen and oxygen atoms in total. The van der Waals surface area contributed by atoms with Crippen molar-refractivity contribution in [1.29, 1.82) is 0 Å². The molecule has 1 atom stereocenters. The van der Waals surface area contributed by atoms with E-state index in [2.05, 4.69) is 16.0 Å². The van der Waals surface area contributed by atoms with Gasteiger partial charge in [0.05, 0.1) is 0 Å². The molecule has 1 aromatic carbocycles. The number of carboxylic acids is 1. The van der Waals surface area contributed by atoms with Crippen LogP contribution in [-0.2, 0) is 16.1 Å². The average Bonchev–Trinajstić information content (AvgIpc) is 2.57. The summed E-state index contributed by atoms with van der Waals surface area (Å²) in [7, 11) is 0. The van der Waals surface area contributed by atoms with Crippen LogP contribution in [0.4, 0.5) is 4.79 Å². The van der Waals surface area contributed by atoms with Gasteiger partial charge in [-0.3, -0.25) is 9.59 Å². The molecule has 7 heteroatoms. The van der Waals surface area contributed by atoms with Crippen molar-refractivity contribution in [2.24, 2.45) is 5.92 Å². The Morgan fingerprint density at radius 2 is 1.73 bits per heavy atom. The number of carboxylic acid groups (broad SMARTS) is 1. The normalized spacial score (nSPS) is 11.7. The third kappa shape index (κ3) is 9.05. The molecule has 0 aliphatic heterocycles. The molecule has 0 spiro atoms. The van der Waals surface area contributed by atoms with Gasteiger partial charge in [0, 0.05) is 19.5 Å². The summed E-state index contributed by atoms with van der Waals surface area (Å²) in [5.41, 5.74) is 2.12. The van der Waals surface area contributed by atoms with E-state index in [1.165, 1.54) is 0 Å². The molecule has 1 rings (SSSR count). The summed E-state index contributed by atoms with van der Waals surface area (Å²) >= 11 is 0. The molecular formula is C19H29N3O4. The second-order valence-electron chi connectivity index (χ2n) is 6.78. The van der Waals surface area contributed by atoms with Crippen LogP contribution in [0.3, 0.4) is 0 Å². The minimum atomic E-state index is -0.897. The van der Waals surface area contributed by atoms with Gasteiger partial charge in [-0.25, -0.2) is 4.79 Å². The zero-order valence-electron chi connectivity index (χ0n) is 15.7. The summed E-state index contributed by atoms with van der Waals surface area (Å²) in [5.74, 6) is -0.969. The van der Waals surface area contributed by atoms with E-state index in [4.69, 9.17) is 5.11 Å². The molecular weight excluding hydrogens is 334 g/mol. The number of carbonyl (C=O) groups is 3. The van der Waals surface area contributed by atoms with Crippen molar-refractivity contribution in [1.82, 2.24) is 16.0 Å². The number of aryl methyl sites for hydroxylation is 1. The number of aliphatic carboxylic acids is 1. The average molecular weight is 363 g/mol. The lowest BCUT2D eigenvalue weighted by atomic mass is 10.0. The van der Waals surface area contributed by atoms with Crippen LogP contribution in [0, 0.1) is 12.8 Å². The summed E-state index contributed by atoms with van der Waals surface area (Å²) in [6.45, 7) is 6.58. The highest BCUT2D eigenvalue weighted by molar-refractivity contribution is 5.87. The lowest BCUT2D eigenvalue weighted by Gasteiger charge is -2.20. The monoisotopic (exact) mass is 363 g/mol. The SMILES string of the molecule is Cc1ccc(CNC(=O)NC(CC(C)C)C(=O)NCCCC(=O)O)cc1. The number of urea groups is 1. The number of benzene rings is 1. The largest absolute Gasteiger partial charge is 0.481 e. The third-order valence-corrected chi connectivity index (χ3v) is 3.77. The van der Waals surface area contributed by atoms with Crippen molar-refractivity contribution >= 4 is 17.9 Å². The predicted molar refractivity (Wildman–Crippen MR) is 99.7 cm³/mol. The highest BCUT2D eigenvalue weighted by Crippen LogP contribution is 2.06. The van der Waals surface area contributed by atoms with Gasteiger partial charge in [0.15, 0.2) is 0 Å². The Morgan fingerprint density at radius 3 is 2.31 bits per heavy atom. The predicted octanol–water partition coefficient (Wildman–Crippen LogP) is 2.19. The van der Waals surface area contributed by atoms with Crippen LogP contribution in [0.2, 0.25) is 0 Å². The van der Waals surface area contributed by atoms with Gasteiger partial charge >= 0.3 is 12.0 Å². The van der Waals surface area contributed by atoms with Gasteiger partial charge in [-0.1, -0.05) is 43.7 Å². The maximum atomic E-state index is 12.3. The molecule has 4 N–H and O–H groups in total. The molecule has 3 amide bonds. The van der Waals surface area contributed by atoms with Gasteiger partial charge in [-0.2, -0.15) is 0 Å². The molecule has 144 valence electrons. The summed E-state index contributed by atoms with van der Waals surface area (Å²) in [6, 6.07) is 6.77. The molecule has 0 saturated carbocycles. The molecule has 0 saturated heterocycles. The van der Waals surface area contributed by atoms with Crippen LogP contribution >= 0.6 is 0 Å². The Balaban J connectivity index is 2.48. The first kappa shape index (κ1) is 21.5. The summed E-state index contributed by atoms with van der Waals surface area (Å²) in [5, 5.41) is 16.8. The van der Waals surface area contributed by atoms with Gasteiger partial charge in [0.25, 0.3) is 0 Å². The molecule has 1 aromatic rings. The van der Waals surface area contributed by atoms with Gasteiger partial charge in [0.1, 0.15) is 6.04 Å². The van der Waals surface area contributed by atoms with E-state index >= 15 is 0 Å². The summed E-state index contributed by atoms with van der Waals surface area (Å²) in [6.07, 6.45) is 0.859. The molecule has 26 heavy (non-hydrogen) atoms. The number of amides is 3. The second-order valence-corrected chi connectivity index (χ2v) is 6.78. The van der Waals surface area contributed by atoms with E-state index in [1.807, 2.05) is 45.0 Å². The number of rotatable bonds is 10. The summed E-state index contributed by atoms with van der Waals surface area (Å²) in [4.78, 5) is 34.9. The van der Waals surface area contributed by atoms with Crippen molar-refractivity contribution in [3.8, 4) is 0 Å². The van der Waals surface area contributed by atoms with Gasteiger partial charge in [-0.05, 0) is 31.2 Å². The lowest BCUT2D eigenvalue weighted by molar-refractivity contribution is -0.137. The summed E-state index contributed by atoms with van der Waals surface area (Å²) < 4.78 is 0. The van der Waals surface area contributed by atoms with E-state index < -0.39 is 18.0 Å². The number of nitrogens with one attached hydrogen (secondary N) is 3. The van der Waals surface area contributed by atoms with E-state index in [1.54, 1.807) is 0 Å². The number of hydrogen-bond acceptors (Lipinski definition) is 3. The van der Waals surface area contributed by atoms with Gasteiger partial charge < -0.3 is 21.1 Å². The minimum Gasteiger partial charge on any atom is -0.481 e. The topological polar surface area (TPSA) is 108 Å². The fourth-order valence-electron chi connectivity index (χ4n) is 2.37. The Kier molecular flexibility index (Phi) is 9.19. The molecule has 0 aromatic heterocycles. The first-order valence-electron chi connectivity index (χ1n) is 8.87. The van der Waals surface area contributed by atoms with Crippen molar-refractivity contribution < 1.29 is 19.5 Å². The number of carbonyl (C=O) groups excluding carboxylic acids is 2. The first-order valence-corrected chi connectivity index (χ1v) is 8.87. The number of hydrogen-bond donors (Lipinski definition) is 4. The van der Waals surface area contributed by atoms with Gasteiger partial charge in [0.2, 0.25) is 5.91 Å². The van der Waals surface area contributed by atoms with Crippen molar-refractivity contribution in [2.75, 3.05) is 6.54 Å². The highest BCUT2D eigenvalue weighted by Gasteiger charge is 2.21. The van der Waals surface area contributed by atoms with E-state index in [0.29, 0.717) is 19.4 Å². The van der Waals surface area contributed by atoms with Crippen molar-refractivity contribution in [3.63, 3.8) is 0 Å². The van der Waals surface area contributed by atoms with Crippen molar-refractivity contribution in [3.05, 3.63) is 35.4 Å². The lowest BCUT2D eigenvalue weighted by Crippen LogP contribution is -2.50. The standard InChI is InChI=1S/C19H29N3O4/c1-13(2)11-16(18(25)20-10-4-5-17(23)24)22-19(26)21-12-15-8-6-14(3)7-9-15/h6-9,13,16H,4-5,10-12H2,1-3H3,(H,20,25)(H,23,24)(H2,21,22,26). The zero-order chi connectivity index (χ0) is 19.5. The first-order chi connectivity index (χ1) is 12.3. The molecule has 0 aliphatic carbocycles. The Bertz CT molecular complexity index is 599. The van der Waals surface area contributed by atoms with Crippen LogP contribution in [0.15, 0.2) is 24.3 Å². The molecule has 0 fully saturated rings. The Hall–Kier alpha value is -2.57. The highest BCUT2D eigenvalue weighted by atomic mass is 16.4. The van der Waals surface area contributed by atoms with Crippen LogP contribution < -0.4 is 16.0 Å². The van der Waals surface area contributed by atoms with Crippen LogP contribution in [0.1, 0.15) is 44.2 Å². The molecule has 0 aliphatic rings. The van der Waals surface area contributed by atoms with E-state index in [0.717, 1.165) is 11.1 Å². The Labute approximate surface area is 154 Å². The zero-order valence-corrected chi connectivity index (χ0v) is 15.7. The smallest absolute Gasteiger partial charge is 0.315 e. The quantitative estimate of drug-likeness (QED) is 0.478. The van der Waals surface area contributed by atoms with E-state index in [9.17, 15) is 14.4 Å². The van der Waals surface area contributed by atoms with E-state index in [-0.39, 0.29) is 24.8 Å². The van der Waals surface area contributed by atoms with Gasteiger partial charge in [-0.15, -0.1) is 0 Å².